The van der Waals surface area contributed by atoms with Crippen molar-refractivity contribution in [1.82, 2.24) is 9.80 Å². The van der Waals surface area contributed by atoms with Crippen LogP contribution in [0.2, 0.25) is 0 Å². The van der Waals surface area contributed by atoms with Crippen molar-refractivity contribution >= 4 is 5.91 Å². The monoisotopic (exact) mass is 283 g/mol. The SMILES string of the molecule is CN(C)CC1CC(O)CN1C(=O)C1CCCCC1CN. The van der Waals surface area contributed by atoms with Gasteiger partial charge in [0, 0.05) is 25.0 Å². The molecular weight excluding hydrogens is 254 g/mol. The molecule has 1 amide bonds. The van der Waals surface area contributed by atoms with Crippen molar-refractivity contribution in [2.24, 2.45) is 17.6 Å². The van der Waals surface area contributed by atoms with Gasteiger partial charge in [-0.25, -0.2) is 0 Å². The van der Waals surface area contributed by atoms with Gasteiger partial charge in [0.2, 0.25) is 5.91 Å². The minimum atomic E-state index is -0.371. The average molecular weight is 283 g/mol. The van der Waals surface area contributed by atoms with Crippen molar-refractivity contribution in [2.75, 3.05) is 33.7 Å². The van der Waals surface area contributed by atoms with Crippen molar-refractivity contribution in [3.8, 4) is 0 Å². The quantitative estimate of drug-likeness (QED) is 0.777. The number of likely N-dealkylation sites (N-methyl/N-ethyl adjacent to an activating group) is 1. The smallest absolute Gasteiger partial charge is 0.226 e. The molecule has 4 unspecified atom stereocenters. The summed E-state index contributed by atoms with van der Waals surface area (Å²) >= 11 is 0. The predicted molar refractivity (Wildman–Crippen MR) is 79.2 cm³/mol. The summed E-state index contributed by atoms with van der Waals surface area (Å²) in [6.07, 6.45) is 4.67. The summed E-state index contributed by atoms with van der Waals surface area (Å²) in [6, 6.07) is 0.146. The van der Waals surface area contributed by atoms with E-state index in [1.165, 1.54) is 6.42 Å². The number of likely N-dealkylation sites (tertiary alicyclic amines) is 1. The molecule has 1 aliphatic carbocycles. The molecular formula is C15H29N3O2. The third-order valence-electron chi connectivity index (χ3n) is 4.78. The third kappa shape index (κ3) is 3.51. The molecule has 2 aliphatic rings. The van der Waals surface area contributed by atoms with Gasteiger partial charge in [-0.15, -0.1) is 0 Å². The van der Waals surface area contributed by atoms with Crippen LogP contribution in [0.4, 0.5) is 0 Å². The van der Waals surface area contributed by atoms with Gasteiger partial charge >= 0.3 is 0 Å². The molecule has 1 aliphatic heterocycles. The van der Waals surface area contributed by atoms with E-state index >= 15 is 0 Å². The van der Waals surface area contributed by atoms with Gasteiger partial charge in [-0.2, -0.15) is 0 Å². The van der Waals surface area contributed by atoms with E-state index in [-0.39, 0.29) is 24.0 Å². The molecule has 4 atom stereocenters. The number of hydrogen-bond donors (Lipinski definition) is 2. The molecule has 20 heavy (non-hydrogen) atoms. The maximum absolute atomic E-state index is 12.8. The molecule has 5 nitrogen and oxygen atoms in total. The number of β-amino-alcohol motifs (C(OH)–C–C–N with tert-alkyl or cyclic N) is 1. The zero-order chi connectivity index (χ0) is 14.7. The molecule has 0 spiro atoms. The fraction of sp³-hybridized carbons (Fsp3) is 0.933. The number of hydrogen-bond acceptors (Lipinski definition) is 4. The molecule has 3 N–H and O–H groups in total. The minimum absolute atomic E-state index is 0.0729. The Morgan fingerprint density at radius 3 is 2.70 bits per heavy atom. The summed E-state index contributed by atoms with van der Waals surface area (Å²) in [5, 5.41) is 9.92. The van der Waals surface area contributed by atoms with Gasteiger partial charge in [0.1, 0.15) is 0 Å². The van der Waals surface area contributed by atoms with Crippen molar-refractivity contribution in [2.45, 2.75) is 44.2 Å². The first-order valence-corrected chi connectivity index (χ1v) is 7.86. The fourth-order valence-electron chi connectivity index (χ4n) is 3.78. The highest BCUT2D eigenvalue weighted by Gasteiger charge is 2.40. The lowest BCUT2D eigenvalue weighted by Gasteiger charge is -2.35. The van der Waals surface area contributed by atoms with Gasteiger partial charge in [0.05, 0.1) is 6.10 Å². The van der Waals surface area contributed by atoms with Crippen LogP contribution in [-0.2, 0) is 4.79 Å². The number of aliphatic hydroxyl groups excluding tert-OH is 1. The van der Waals surface area contributed by atoms with Gasteiger partial charge in [0.15, 0.2) is 0 Å². The largest absolute Gasteiger partial charge is 0.391 e. The summed E-state index contributed by atoms with van der Waals surface area (Å²) in [5.41, 5.74) is 5.84. The average Bonchev–Trinajstić information content (AvgIpc) is 2.77. The van der Waals surface area contributed by atoms with Crippen LogP contribution in [0, 0.1) is 11.8 Å². The van der Waals surface area contributed by atoms with Crippen molar-refractivity contribution in [1.29, 1.82) is 0 Å². The molecule has 1 heterocycles. The highest BCUT2D eigenvalue weighted by molar-refractivity contribution is 5.80. The Bertz CT molecular complexity index is 335. The van der Waals surface area contributed by atoms with Crippen LogP contribution in [0.1, 0.15) is 32.1 Å². The van der Waals surface area contributed by atoms with Crippen LogP contribution in [0.5, 0.6) is 0 Å². The summed E-state index contributed by atoms with van der Waals surface area (Å²) < 4.78 is 0. The van der Waals surface area contributed by atoms with Crippen molar-refractivity contribution < 1.29 is 9.90 Å². The third-order valence-corrected chi connectivity index (χ3v) is 4.78. The van der Waals surface area contributed by atoms with Gasteiger partial charge in [-0.05, 0) is 45.8 Å². The van der Waals surface area contributed by atoms with Crippen molar-refractivity contribution in [3.63, 3.8) is 0 Å². The van der Waals surface area contributed by atoms with Crippen molar-refractivity contribution in [3.05, 3.63) is 0 Å². The first-order valence-electron chi connectivity index (χ1n) is 7.86. The Morgan fingerprint density at radius 1 is 1.35 bits per heavy atom. The van der Waals surface area contributed by atoms with Gasteiger partial charge in [-0.3, -0.25) is 4.79 Å². The van der Waals surface area contributed by atoms with Gasteiger partial charge in [0.25, 0.3) is 0 Å². The van der Waals surface area contributed by atoms with Crippen LogP contribution in [0.15, 0.2) is 0 Å². The van der Waals surface area contributed by atoms with E-state index in [4.69, 9.17) is 5.73 Å². The topological polar surface area (TPSA) is 69.8 Å². The first kappa shape index (κ1) is 15.7. The van der Waals surface area contributed by atoms with Crippen LogP contribution >= 0.6 is 0 Å². The maximum atomic E-state index is 12.8. The second-order valence-corrected chi connectivity index (χ2v) is 6.68. The standard InChI is InChI=1S/C15H29N3O2/c1-17(2)9-12-7-13(19)10-18(12)15(20)14-6-4-3-5-11(14)8-16/h11-14,19H,3-10,16H2,1-2H3. The zero-order valence-electron chi connectivity index (χ0n) is 12.8. The molecule has 0 aromatic heterocycles. The molecule has 5 heteroatoms. The van der Waals surface area contributed by atoms with Crippen LogP contribution in [-0.4, -0.2) is 66.7 Å². The Morgan fingerprint density at radius 2 is 2.05 bits per heavy atom. The summed E-state index contributed by atoms with van der Waals surface area (Å²) in [4.78, 5) is 16.9. The Kier molecular flexibility index (Phi) is 5.41. The predicted octanol–water partition coefficient (Wildman–Crippen LogP) is 0.275. The second kappa shape index (κ2) is 6.87. The maximum Gasteiger partial charge on any atom is 0.226 e. The number of amides is 1. The fourth-order valence-corrected chi connectivity index (χ4v) is 3.78. The molecule has 0 aromatic rings. The molecule has 0 bridgehead atoms. The molecule has 1 saturated heterocycles. The highest BCUT2D eigenvalue weighted by Crippen LogP contribution is 2.33. The molecule has 116 valence electrons. The number of carbonyl (C=O) groups is 1. The Hall–Kier alpha value is -0.650. The van der Waals surface area contributed by atoms with E-state index in [1.807, 2.05) is 19.0 Å². The molecule has 0 aromatic carbocycles. The summed E-state index contributed by atoms with van der Waals surface area (Å²) in [7, 11) is 4.02. The Labute approximate surface area is 122 Å². The number of nitrogens with two attached hydrogens (primary N) is 1. The molecule has 1 saturated carbocycles. The summed E-state index contributed by atoms with van der Waals surface area (Å²) in [6.45, 7) is 1.92. The summed E-state index contributed by atoms with van der Waals surface area (Å²) in [5.74, 6) is 0.626. The lowest BCUT2D eigenvalue weighted by atomic mass is 9.78. The molecule has 0 radical (unpaired) electrons. The second-order valence-electron chi connectivity index (χ2n) is 6.68. The van der Waals surface area contributed by atoms with Gasteiger partial charge in [-0.1, -0.05) is 12.8 Å². The number of carbonyl (C=O) groups excluding carboxylic acids is 1. The van der Waals surface area contributed by atoms with Gasteiger partial charge < -0.3 is 20.6 Å². The van der Waals surface area contributed by atoms with E-state index in [1.54, 1.807) is 0 Å². The van der Waals surface area contributed by atoms with E-state index in [0.717, 1.165) is 25.8 Å². The normalized spacial score (nSPS) is 34.8. The zero-order valence-corrected chi connectivity index (χ0v) is 12.8. The number of aliphatic hydroxyl groups is 1. The highest BCUT2D eigenvalue weighted by atomic mass is 16.3. The lowest BCUT2D eigenvalue weighted by Crippen LogP contribution is -2.47. The van der Waals surface area contributed by atoms with Crippen LogP contribution in [0.25, 0.3) is 0 Å². The van der Waals surface area contributed by atoms with E-state index in [0.29, 0.717) is 25.4 Å². The Balaban J connectivity index is 2.05. The first-order chi connectivity index (χ1) is 9.52. The van der Waals surface area contributed by atoms with Crippen LogP contribution in [0.3, 0.4) is 0 Å². The number of rotatable bonds is 4. The van der Waals surface area contributed by atoms with E-state index in [2.05, 4.69) is 4.90 Å². The number of nitrogens with zero attached hydrogens (tertiary/aromatic N) is 2. The molecule has 2 fully saturated rings. The van der Waals surface area contributed by atoms with E-state index < -0.39 is 0 Å². The minimum Gasteiger partial charge on any atom is -0.391 e. The lowest BCUT2D eigenvalue weighted by molar-refractivity contribution is -0.139. The molecule has 2 rings (SSSR count). The van der Waals surface area contributed by atoms with E-state index in [9.17, 15) is 9.90 Å². The van der Waals surface area contributed by atoms with Crippen LogP contribution < -0.4 is 5.73 Å².